The summed E-state index contributed by atoms with van der Waals surface area (Å²) in [6.07, 6.45) is -0.0848. The van der Waals surface area contributed by atoms with Crippen LogP contribution in [0.5, 0.6) is 0 Å². The van der Waals surface area contributed by atoms with Crippen molar-refractivity contribution in [2.24, 2.45) is 0 Å². The Kier molecular flexibility index (Phi) is 4.13. The molecule has 0 aromatic heterocycles. The number of hydrogen-bond donors (Lipinski definition) is 3. The Morgan fingerprint density at radius 3 is 2.30 bits per heavy atom. The van der Waals surface area contributed by atoms with Crippen LogP contribution >= 0.6 is 7.60 Å². The van der Waals surface area contributed by atoms with Crippen LogP contribution in [0.2, 0.25) is 0 Å². The summed E-state index contributed by atoms with van der Waals surface area (Å²) >= 11 is 0. The first-order valence-electron chi connectivity index (χ1n) is 3.18. The van der Waals surface area contributed by atoms with Crippen molar-refractivity contribution in [2.75, 3.05) is 6.16 Å². The number of hydrogen-bond acceptors (Lipinski definition) is 2. The molecule has 1 atom stereocenters. The lowest BCUT2D eigenvalue weighted by Gasteiger charge is -2.09. The quantitative estimate of drug-likeness (QED) is 0.528. The van der Waals surface area contributed by atoms with Crippen molar-refractivity contribution in [3.8, 4) is 0 Å². The van der Waals surface area contributed by atoms with E-state index < -0.39 is 19.9 Å². The maximum absolute atomic E-state index is 10.3. The van der Waals surface area contributed by atoms with E-state index in [2.05, 4.69) is 0 Å². The molecule has 0 saturated heterocycles. The highest BCUT2D eigenvalue weighted by atomic mass is 31.2. The highest BCUT2D eigenvalue weighted by molar-refractivity contribution is 7.51. The summed E-state index contributed by atoms with van der Waals surface area (Å²) in [7, 11) is -4.00. The van der Waals surface area contributed by atoms with Crippen molar-refractivity contribution in [2.45, 2.75) is 25.9 Å². The van der Waals surface area contributed by atoms with Crippen molar-refractivity contribution in [3.05, 3.63) is 0 Å². The standard InChI is InChI=1S/C5H13O4P/c1-2-3-5(6)4-10(7,8)9/h5-6H,2-4H2,1H3,(H2,7,8,9). The SMILES string of the molecule is CCCC(O)CP(=O)(O)O. The summed E-state index contributed by atoms with van der Waals surface area (Å²) in [6, 6.07) is 0. The van der Waals surface area contributed by atoms with Gasteiger partial charge in [0.05, 0.1) is 12.3 Å². The largest absolute Gasteiger partial charge is 0.392 e. The molecule has 0 aliphatic heterocycles. The van der Waals surface area contributed by atoms with Crippen molar-refractivity contribution >= 4 is 7.60 Å². The molecule has 3 N–H and O–H groups in total. The third-order valence-electron chi connectivity index (χ3n) is 1.07. The van der Waals surface area contributed by atoms with Gasteiger partial charge in [0.15, 0.2) is 0 Å². The third kappa shape index (κ3) is 6.23. The minimum atomic E-state index is -4.00. The van der Waals surface area contributed by atoms with Crippen molar-refractivity contribution in [1.82, 2.24) is 0 Å². The molecule has 4 nitrogen and oxygen atoms in total. The van der Waals surface area contributed by atoms with Crippen molar-refractivity contribution in [3.63, 3.8) is 0 Å². The molecule has 0 aromatic rings. The average Bonchev–Trinajstić information content (AvgIpc) is 1.59. The summed E-state index contributed by atoms with van der Waals surface area (Å²) in [5.41, 5.74) is 0. The van der Waals surface area contributed by atoms with E-state index >= 15 is 0 Å². The molecule has 0 aliphatic carbocycles. The fourth-order valence-corrected chi connectivity index (χ4v) is 1.43. The molecule has 0 heterocycles. The first-order valence-corrected chi connectivity index (χ1v) is 4.98. The molecule has 1 unspecified atom stereocenters. The number of aliphatic hydroxyl groups is 1. The lowest BCUT2D eigenvalue weighted by Crippen LogP contribution is -2.11. The van der Waals surface area contributed by atoms with Gasteiger partial charge < -0.3 is 14.9 Å². The minimum absolute atomic E-state index is 0.416. The molecule has 0 rings (SSSR count). The van der Waals surface area contributed by atoms with Crippen molar-refractivity contribution in [1.29, 1.82) is 0 Å². The first-order chi connectivity index (χ1) is 4.45. The Bertz CT molecular complexity index is 130. The van der Waals surface area contributed by atoms with E-state index in [4.69, 9.17) is 14.9 Å². The zero-order valence-corrected chi connectivity index (χ0v) is 6.79. The van der Waals surface area contributed by atoms with E-state index in [1.807, 2.05) is 6.92 Å². The third-order valence-corrected chi connectivity index (χ3v) is 1.97. The molecule has 0 radical (unpaired) electrons. The van der Waals surface area contributed by atoms with E-state index in [1.165, 1.54) is 0 Å². The second kappa shape index (κ2) is 4.09. The summed E-state index contributed by atoms with van der Waals surface area (Å²) in [6.45, 7) is 1.85. The summed E-state index contributed by atoms with van der Waals surface area (Å²) in [4.78, 5) is 16.7. The van der Waals surface area contributed by atoms with Gasteiger partial charge in [-0.1, -0.05) is 13.3 Å². The Labute approximate surface area is 60.0 Å². The smallest absolute Gasteiger partial charge is 0.328 e. The van der Waals surface area contributed by atoms with E-state index in [0.717, 1.165) is 6.42 Å². The lowest BCUT2D eigenvalue weighted by molar-refractivity contribution is 0.178. The van der Waals surface area contributed by atoms with Crippen LogP contribution in [0, 0.1) is 0 Å². The van der Waals surface area contributed by atoms with Crippen LogP contribution in [0.4, 0.5) is 0 Å². The molecule has 10 heavy (non-hydrogen) atoms. The fraction of sp³-hybridized carbons (Fsp3) is 1.00. The van der Waals surface area contributed by atoms with E-state index in [1.54, 1.807) is 0 Å². The van der Waals surface area contributed by atoms with Crippen LogP contribution in [0.25, 0.3) is 0 Å². The van der Waals surface area contributed by atoms with E-state index in [0.29, 0.717) is 6.42 Å². The number of aliphatic hydroxyl groups excluding tert-OH is 1. The monoisotopic (exact) mass is 168 g/mol. The highest BCUT2D eigenvalue weighted by Crippen LogP contribution is 2.35. The predicted octanol–water partition coefficient (Wildman–Crippen LogP) is 0.325. The van der Waals surface area contributed by atoms with Crippen LogP contribution in [0.3, 0.4) is 0 Å². The van der Waals surface area contributed by atoms with Gasteiger partial charge in [0, 0.05) is 0 Å². The number of rotatable bonds is 4. The second-order valence-electron chi connectivity index (χ2n) is 2.29. The van der Waals surface area contributed by atoms with Gasteiger partial charge in [0.25, 0.3) is 0 Å². The Morgan fingerprint density at radius 2 is 2.00 bits per heavy atom. The van der Waals surface area contributed by atoms with Crippen LogP contribution in [0.1, 0.15) is 19.8 Å². The van der Waals surface area contributed by atoms with Crippen LogP contribution in [-0.2, 0) is 4.57 Å². The zero-order chi connectivity index (χ0) is 8.20. The van der Waals surface area contributed by atoms with Gasteiger partial charge in [-0.25, -0.2) is 0 Å². The van der Waals surface area contributed by atoms with Crippen LogP contribution in [-0.4, -0.2) is 27.2 Å². The first kappa shape index (κ1) is 10.1. The molecule has 0 aliphatic rings. The van der Waals surface area contributed by atoms with Gasteiger partial charge in [-0.3, -0.25) is 4.57 Å². The van der Waals surface area contributed by atoms with Gasteiger partial charge >= 0.3 is 7.60 Å². The molecule has 0 saturated carbocycles. The maximum atomic E-state index is 10.3. The van der Waals surface area contributed by atoms with Crippen molar-refractivity contribution < 1.29 is 19.5 Å². The molecule has 0 amide bonds. The molecule has 5 heteroatoms. The fourth-order valence-electron chi connectivity index (χ4n) is 0.699. The van der Waals surface area contributed by atoms with Crippen LogP contribution < -0.4 is 0 Å². The zero-order valence-electron chi connectivity index (χ0n) is 5.90. The summed E-state index contributed by atoms with van der Waals surface area (Å²) in [5.74, 6) is 0. The molecule has 0 bridgehead atoms. The summed E-state index contributed by atoms with van der Waals surface area (Å²) < 4.78 is 10.3. The second-order valence-corrected chi connectivity index (χ2v) is 3.98. The van der Waals surface area contributed by atoms with Gasteiger partial charge in [0.2, 0.25) is 0 Å². The molecule has 0 spiro atoms. The van der Waals surface area contributed by atoms with E-state index in [9.17, 15) is 4.57 Å². The topological polar surface area (TPSA) is 77.8 Å². The summed E-state index contributed by atoms with van der Waals surface area (Å²) in [5, 5.41) is 8.89. The van der Waals surface area contributed by atoms with Gasteiger partial charge in [-0.2, -0.15) is 0 Å². The van der Waals surface area contributed by atoms with Gasteiger partial charge in [0.1, 0.15) is 0 Å². The average molecular weight is 168 g/mol. The molecule has 0 aromatic carbocycles. The molecule has 0 fully saturated rings. The van der Waals surface area contributed by atoms with E-state index in [-0.39, 0.29) is 0 Å². The maximum Gasteiger partial charge on any atom is 0.328 e. The van der Waals surface area contributed by atoms with Gasteiger partial charge in [-0.15, -0.1) is 0 Å². The predicted molar refractivity (Wildman–Crippen MR) is 37.8 cm³/mol. The Morgan fingerprint density at radius 1 is 1.50 bits per heavy atom. The molecular weight excluding hydrogens is 155 g/mol. The normalized spacial score (nSPS) is 15.2. The lowest BCUT2D eigenvalue weighted by atomic mass is 10.2. The van der Waals surface area contributed by atoms with Gasteiger partial charge in [-0.05, 0) is 6.42 Å². The van der Waals surface area contributed by atoms with Crippen LogP contribution in [0.15, 0.2) is 0 Å². The molecular formula is C5H13O4P. The highest BCUT2D eigenvalue weighted by Gasteiger charge is 2.18. The molecule has 62 valence electrons. The minimum Gasteiger partial charge on any atom is -0.392 e. The Hall–Kier alpha value is 0.110. The Balaban J connectivity index is 3.58.